The maximum Gasteiger partial charge on any atom is 0.354 e. The van der Waals surface area contributed by atoms with Gasteiger partial charge in [0.1, 0.15) is 5.70 Å². The molecule has 0 rings (SSSR count). The minimum Gasteiger partial charge on any atom is -0.464 e. The third-order valence-electron chi connectivity index (χ3n) is 1.93. The van der Waals surface area contributed by atoms with Gasteiger partial charge in [0.15, 0.2) is 0 Å². The summed E-state index contributed by atoms with van der Waals surface area (Å²) in [4.78, 5) is 22.1. The molecule has 0 spiro atoms. The number of allylic oxidation sites excluding steroid dienone is 2. The summed E-state index contributed by atoms with van der Waals surface area (Å²) in [5.74, 6) is -0.790. The minimum atomic E-state index is -0.515. The fourth-order valence-electron chi connectivity index (χ4n) is 1.16. The Bertz CT molecular complexity index is 282. The van der Waals surface area contributed by atoms with Crippen molar-refractivity contribution in [3.05, 3.63) is 24.4 Å². The second-order valence-electron chi connectivity index (χ2n) is 3.36. The molecular formula is C12H19NO3. The lowest BCUT2D eigenvalue weighted by Crippen LogP contribution is -2.25. The van der Waals surface area contributed by atoms with Gasteiger partial charge in [-0.25, -0.2) is 4.79 Å². The SMILES string of the molecule is C=CCCCC/C=C(/NC(C)=O)C(=O)OC. The van der Waals surface area contributed by atoms with E-state index >= 15 is 0 Å². The molecule has 90 valence electrons. The number of ether oxygens (including phenoxy) is 1. The number of esters is 1. The van der Waals surface area contributed by atoms with Crippen molar-refractivity contribution in [3.8, 4) is 0 Å². The third kappa shape index (κ3) is 6.81. The second-order valence-corrected chi connectivity index (χ2v) is 3.36. The number of carbonyl (C=O) groups is 2. The first-order valence-corrected chi connectivity index (χ1v) is 5.28. The topological polar surface area (TPSA) is 55.4 Å². The van der Waals surface area contributed by atoms with Crippen molar-refractivity contribution in [3.63, 3.8) is 0 Å². The highest BCUT2D eigenvalue weighted by molar-refractivity contribution is 5.93. The molecule has 0 fully saturated rings. The number of unbranched alkanes of at least 4 members (excludes halogenated alkanes) is 3. The first kappa shape index (κ1) is 14.4. The van der Waals surface area contributed by atoms with Gasteiger partial charge in [0.05, 0.1) is 7.11 Å². The number of methoxy groups -OCH3 is 1. The van der Waals surface area contributed by atoms with E-state index in [1.54, 1.807) is 6.08 Å². The van der Waals surface area contributed by atoms with Crippen LogP contribution in [0.15, 0.2) is 24.4 Å². The summed E-state index contributed by atoms with van der Waals surface area (Å²) in [5.41, 5.74) is 0.216. The lowest BCUT2D eigenvalue weighted by atomic mass is 10.2. The van der Waals surface area contributed by atoms with E-state index in [1.807, 2.05) is 6.08 Å². The van der Waals surface area contributed by atoms with E-state index < -0.39 is 5.97 Å². The van der Waals surface area contributed by atoms with Gasteiger partial charge in [0.25, 0.3) is 0 Å². The van der Waals surface area contributed by atoms with Crippen molar-refractivity contribution >= 4 is 11.9 Å². The van der Waals surface area contributed by atoms with Crippen LogP contribution in [0.4, 0.5) is 0 Å². The van der Waals surface area contributed by atoms with Crippen LogP contribution in [0.25, 0.3) is 0 Å². The van der Waals surface area contributed by atoms with Crippen molar-refractivity contribution in [2.45, 2.75) is 32.6 Å². The highest BCUT2D eigenvalue weighted by atomic mass is 16.5. The summed E-state index contributed by atoms with van der Waals surface area (Å²) >= 11 is 0. The predicted octanol–water partition coefficient (Wildman–Crippen LogP) is 1.93. The maximum absolute atomic E-state index is 11.2. The maximum atomic E-state index is 11.2. The molecule has 0 heterocycles. The minimum absolute atomic E-state index is 0.216. The largest absolute Gasteiger partial charge is 0.464 e. The number of rotatable bonds is 7. The standard InChI is InChI=1S/C12H19NO3/c1-4-5-6-7-8-9-11(12(15)16-3)13-10(2)14/h4,9H,1,5-8H2,2-3H3,(H,13,14)/b11-9+. The molecule has 1 amide bonds. The summed E-state index contributed by atoms with van der Waals surface area (Å²) in [6.07, 6.45) is 7.22. The normalized spacial score (nSPS) is 10.8. The van der Waals surface area contributed by atoms with E-state index in [-0.39, 0.29) is 11.6 Å². The van der Waals surface area contributed by atoms with Crippen LogP contribution in [-0.2, 0) is 14.3 Å². The van der Waals surface area contributed by atoms with E-state index in [2.05, 4.69) is 16.6 Å². The lowest BCUT2D eigenvalue weighted by molar-refractivity contribution is -0.137. The second kappa shape index (κ2) is 8.71. The Kier molecular flexibility index (Phi) is 7.85. The van der Waals surface area contributed by atoms with Crippen molar-refractivity contribution in [1.29, 1.82) is 0 Å². The van der Waals surface area contributed by atoms with Gasteiger partial charge in [-0.2, -0.15) is 0 Å². The Morgan fingerprint density at radius 1 is 1.31 bits per heavy atom. The van der Waals surface area contributed by atoms with Gasteiger partial charge < -0.3 is 10.1 Å². The zero-order valence-corrected chi connectivity index (χ0v) is 9.91. The Hall–Kier alpha value is -1.58. The van der Waals surface area contributed by atoms with Crippen LogP contribution in [0.3, 0.4) is 0 Å². The predicted molar refractivity (Wildman–Crippen MR) is 62.6 cm³/mol. The molecule has 0 atom stereocenters. The average Bonchev–Trinajstić information content (AvgIpc) is 2.25. The summed E-state index contributed by atoms with van der Waals surface area (Å²) in [7, 11) is 1.29. The van der Waals surface area contributed by atoms with E-state index in [4.69, 9.17) is 0 Å². The van der Waals surface area contributed by atoms with Gasteiger partial charge in [-0.15, -0.1) is 6.58 Å². The summed E-state index contributed by atoms with van der Waals surface area (Å²) in [6, 6.07) is 0. The molecule has 0 aromatic heterocycles. The van der Waals surface area contributed by atoms with Crippen LogP contribution in [-0.4, -0.2) is 19.0 Å². The van der Waals surface area contributed by atoms with Gasteiger partial charge >= 0.3 is 5.97 Å². The molecule has 0 bridgehead atoms. The Labute approximate surface area is 96.4 Å². The number of hydrogen-bond donors (Lipinski definition) is 1. The molecule has 0 radical (unpaired) electrons. The third-order valence-corrected chi connectivity index (χ3v) is 1.93. The monoisotopic (exact) mass is 225 g/mol. The van der Waals surface area contributed by atoms with E-state index in [0.29, 0.717) is 0 Å². The summed E-state index contributed by atoms with van der Waals surface area (Å²) in [5, 5.41) is 2.45. The smallest absolute Gasteiger partial charge is 0.354 e. The zero-order chi connectivity index (χ0) is 12.4. The lowest BCUT2D eigenvalue weighted by Gasteiger charge is -2.05. The fourth-order valence-corrected chi connectivity index (χ4v) is 1.16. The van der Waals surface area contributed by atoms with Gasteiger partial charge in [0.2, 0.25) is 5.91 Å². The zero-order valence-electron chi connectivity index (χ0n) is 9.91. The number of hydrogen-bond acceptors (Lipinski definition) is 3. The van der Waals surface area contributed by atoms with Crippen LogP contribution in [0, 0.1) is 0 Å². The molecule has 0 aromatic rings. The van der Waals surface area contributed by atoms with Crippen LogP contribution in [0.1, 0.15) is 32.6 Å². The molecule has 1 N–H and O–H groups in total. The molecule has 0 saturated carbocycles. The van der Waals surface area contributed by atoms with E-state index in [0.717, 1.165) is 25.7 Å². The van der Waals surface area contributed by atoms with Crippen molar-refractivity contribution in [1.82, 2.24) is 5.32 Å². The number of nitrogens with one attached hydrogen (secondary N) is 1. The molecule has 0 aliphatic heterocycles. The number of amides is 1. The van der Waals surface area contributed by atoms with Crippen LogP contribution >= 0.6 is 0 Å². The van der Waals surface area contributed by atoms with E-state index in [1.165, 1.54) is 14.0 Å². The van der Waals surface area contributed by atoms with Crippen molar-refractivity contribution in [2.24, 2.45) is 0 Å². The highest BCUT2D eigenvalue weighted by Crippen LogP contribution is 2.04. The van der Waals surface area contributed by atoms with Gasteiger partial charge in [-0.3, -0.25) is 4.79 Å². The highest BCUT2D eigenvalue weighted by Gasteiger charge is 2.09. The molecule has 0 aliphatic carbocycles. The number of carbonyl (C=O) groups excluding carboxylic acids is 2. The Morgan fingerprint density at radius 3 is 2.44 bits per heavy atom. The van der Waals surface area contributed by atoms with Gasteiger partial charge in [-0.1, -0.05) is 12.2 Å². The Morgan fingerprint density at radius 2 is 1.94 bits per heavy atom. The molecule has 0 aliphatic rings. The molecule has 4 nitrogen and oxygen atoms in total. The van der Waals surface area contributed by atoms with Crippen molar-refractivity contribution in [2.75, 3.05) is 7.11 Å². The van der Waals surface area contributed by atoms with Gasteiger partial charge in [0, 0.05) is 6.92 Å². The molecule has 0 unspecified atom stereocenters. The first-order chi connectivity index (χ1) is 7.61. The summed E-state index contributed by atoms with van der Waals surface area (Å²) < 4.78 is 4.55. The van der Waals surface area contributed by atoms with Crippen molar-refractivity contribution < 1.29 is 14.3 Å². The van der Waals surface area contributed by atoms with Crippen LogP contribution in [0.5, 0.6) is 0 Å². The molecule has 0 aromatic carbocycles. The van der Waals surface area contributed by atoms with Gasteiger partial charge in [-0.05, 0) is 25.7 Å². The Balaban J connectivity index is 4.16. The molecule has 4 heteroatoms. The van der Waals surface area contributed by atoms with Crippen LogP contribution < -0.4 is 5.32 Å². The molecule has 0 saturated heterocycles. The van der Waals surface area contributed by atoms with Crippen LogP contribution in [0.2, 0.25) is 0 Å². The molecular weight excluding hydrogens is 206 g/mol. The molecule has 16 heavy (non-hydrogen) atoms. The summed E-state index contributed by atoms with van der Waals surface area (Å²) in [6.45, 7) is 4.98. The quantitative estimate of drug-likeness (QED) is 0.312. The van der Waals surface area contributed by atoms with E-state index in [9.17, 15) is 9.59 Å². The fraction of sp³-hybridized carbons (Fsp3) is 0.500. The average molecular weight is 225 g/mol. The first-order valence-electron chi connectivity index (χ1n) is 5.28.